The van der Waals surface area contributed by atoms with E-state index in [0.717, 1.165) is 41.8 Å². The van der Waals surface area contributed by atoms with Crippen molar-refractivity contribution >= 4 is 21.6 Å². The predicted molar refractivity (Wildman–Crippen MR) is 77.4 cm³/mol. The van der Waals surface area contributed by atoms with E-state index in [0.29, 0.717) is 12.1 Å². The number of rotatable bonds is 4. The van der Waals surface area contributed by atoms with E-state index in [2.05, 4.69) is 28.2 Å². The second-order valence-electron chi connectivity index (χ2n) is 4.61. The molecule has 1 fully saturated rings. The molecule has 2 atom stereocenters. The first-order chi connectivity index (χ1) is 8.72. The molecule has 1 aromatic rings. The Kier molecular flexibility index (Phi) is 4.89. The highest BCUT2D eigenvalue weighted by molar-refractivity contribution is 9.10. The fourth-order valence-corrected chi connectivity index (χ4v) is 2.62. The molecule has 2 unspecified atom stereocenters. The van der Waals surface area contributed by atoms with E-state index in [1.54, 1.807) is 7.11 Å². The van der Waals surface area contributed by atoms with Gasteiger partial charge in [-0.15, -0.1) is 0 Å². The predicted octanol–water partition coefficient (Wildman–Crippen LogP) is 3.83. The van der Waals surface area contributed by atoms with Crippen LogP contribution in [0.15, 0.2) is 22.7 Å². The highest BCUT2D eigenvalue weighted by Crippen LogP contribution is 2.29. The number of hydrogen-bond donors (Lipinski definition) is 1. The molecule has 100 valence electrons. The molecule has 18 heavy (non-hydrogen) atoms. The molecule has 1 saturated heterocycles. The SMILES string of the molecule is CCC1CC(Nc2cc(OC)ccc2Br)CCO1. The Bertz CT molecular complexity index is 397. The average molecular weight is 314 g/mol. The third-order valence-corrected chi connectivity index (χ3v) is 4.05. The minimum absolute atomic E-state index is 0.389. The smallest absolute Gasteiger partial charge is 0.121 e. The second-order valence-corrected chi connectivity index (χ2v) is 5.47. The maximum Gasteiger partial charge on any atom is 0.121 e. The molecule has 4 heteroatoms. The molecular weight excluding hydrogens is 294 g/mol. The van der Waals surface area contributed by atoms with Gasteiger partial charge in [0, 0.05) is 23.2 Å². The van der Waals surface area contributed by atoms with Crippen molar-refractivity contribution in [3.63, 3.8) is 0 Å². The maximum absolute atomic E-state index is 5.69. The van der Waals surface area contributed by atoms with Crippen LogP contribution in [0.4, 0.5) is 5.69 Å². The molecule has 2 rings (SSSR count). The average Bonchev–Trinajstić information content (AvgIpc) is 2.41. The molecular formula is C14H20BrNO2. The number of benzene rings is 1. The van der Waals surface area contributed by atoms with Gasteiger partial charge in [0.1, 0.15) is 5.75 Å². The molecule has 0 spiro atoms. The van der Waals surface area contributed by atoms with Crippen LogP contribution in [-0.4, -0.2) is 25.9 Å². The molecule has 0 bridgehead atoms. The fraction of sp³-hybridized carbons (Fsp3) is 0.571. The topological polar surface area (TPSA) is 30.5 Å². The second kappa shape index (κ2) is 6.43. The lowest BCUT2D eigenvalue weighted by molar-refractivity contribution is 0.00925. The number of nitrogens with one attached hydrogen (secondary N) is 1. The Morgan fingerprint density at radius 2 is 2.33 bits per heavy atom. The zero-order valence-electron chi connectivity index (χ0n) is 10.9. The van der Waals surface area contributed by atoms with E-state index in [1.807, 2.05) is 18.2 Å². The van der Waals surface area contributed by atoms with Crippen molar-refractivity contribution in [1.29, 1.82) is 0 Å². The molecule has 0 aromatic heterocycles. The summed E-state index contributed by atoms with van der Waals surface area (Å²) in [6.07, 6.45) is 3.60. The lowest BCUT2D eigenvalue weighted by Gasteiger charge is -2.30. The van der Waals surface area contributed by atoms with Crippen molar-refractivity contribution in [2.75, 3.05) is 19.0 Å². The van der Waals surface area contributed by atoms with Gasteiger partial charge >= 0.3 is 0 Å². The summed E-state index contributed by atoms with van der Waals surface area (Å²) in [4.78, 5) is 0. The van der Waals surface area contributed by atoms with Crippen molar-refractivity contribution in [1.82, 2.24) is 0 Å². The lowest BCUT2D eigenvalue weighted by Crippen LogP contribution is -2.33. The van der Waals surface area contributed by atoms with Gasteiger partial charge in [0.15, 0.2) is 0 Å². The first kappa shape index (κ1) is 13.7. The fourth-order valence-electron chi connectivity index (χ4n) is 2.26. The highest BCUT2D eigenvalue weighted by atomic mass is 79.9. The van der Waals surface area contributed by atoms with Crippen LogP contribution >= 0.6 is 15.9 Å². The lowest BCUT2D eigenvalue weighted by atomic mass is 10.0. The minimum Gasteiger partial charge on any atom is -0.497 e. The van der Waals surface area contributed by atoms with Gasteiger partial charge in [-0.1, -0.05) is 6.92 Å². The molecule has 0 amide bonds. The van der Waals surface area contributed by atoms with Crippen LogP contribution in [-0.2, 0) is 4.74 Å². The number of ether oxygens (including phenoxy) is 2. The van der Waals surface area contributed by atoms with Gasteiger partial charge in [-0.3, -0.25) is 0 Å². The molecule has 0 aliphatic carbocycles. The molecule has 0 radical (unpaired) electrons. The molecule has 1 N–H and O–H groups in total. The molecule has 1 heterocycles. The van der Waals surface area contributed by atoms with Gasteiger partial charge in [-0.2, -0.15) is 0 Å². The van der Waals surface area contributed by atoms with Crippen molar-refractivity contribution < 1.29 is 9.47 Å². The van der Waals surface area contributed by atoms with Crippen LogP contribution in [0.25, 0.3) is 0 Å². The first-order valence-corrected chi connectivity index (χ1v) is 7.24. The third kappa shape index (κ3) is 3.39. The highest BCUT2D eigenvalue weighted by Gasteiger charge is 2.21. The number of halogens is 1. The zero-order chi connectivity index (χ0) is 13.0. The van der Waals surface area contributed by atoms with Crippen LogP contribution in [0.1, 0.15) is 26.2 Å². The Morgan fingerprint density at radius 3 is 3.06 bits per heavy atom. The minimum atomic E-state index is 0.389. The van der Waals surface area contributed by atoms with Crippen LogP contribution in [0, 0.1) is 0 Å². The Labute approximate surface area is 117 Å². The van der Waals surface area contributed by atoms with Gasteiger partial charge in [-0.05, 0) is 47.3 Å². The summed E-state index contributed by atoms with van der Waals surface area (Å²) < 4.78 is 12.0. The van der Waals surface area contributed by atoms with Crippen molar-refractivity contribution in [3.8, 4) is 5.75 Å². The van der Waals surface area contributed by atoms with Crippen LogP contribution in [0.3, 0.4) is 0 Å². The van der Waals surface area contributed by atoms with Crippen molar-refractivity contribution in [2.45, 2.75) is 38.3 Å². The van der Waals surface area contributed by atoms with Crippen LogP contribution in [0.5, 0.6) is 5.75 Å². The van der Waals surface area contributed by atoms with Gasteiger partial charge in [0.2, 0.25) is 0 Å². The summed E-state index contributed by atoms with van der Waals surface area (Å²) in [5, 5.41) is 3.58. The van der Waals surface area contributed by atoms with Crippen LogP contribution in [0.2, 0.25) is 0 Å². The molecule has 1 aliphatic rings. The van der Waals surface area contributed by atoms with E-state index in [9.17, 15) is 0 Å². The molecule has 3 nitrogen and oxygen atoms in total. The van der Waals surface area contributed by atoms with Gasteiger partial charge in [0.25, 0.3) is 0 Å². The van der Waals surface area contributed by atoms with Crippen LogP contribution < -0.4 is 10.1 Å². The van der Waals surface area contributed by atoms with Crippen molar-refractivity contribution in [2.24, 2.45) is 0 Å². The zero-order valence-corrected chi connectivity index (χ0v) is 12.5. The van der Waals surface area contributed by atoms with Gasteiger partial charge in [-0.25, -0.2) is 0 Å². The summed E-state index contributed by atoms with van der Waals surface area (Å²) in [5.41, 5.74) is 1.09. The summed E-state index contributed by atoms with van der Waals surface area (Å²) in [6, 6.07) is 6.47. The summed E-state index contributed by atoms with van der Waals surface area (Å²) in [5.74, 6) is 0.875. The molecule has 1 aromatic carbocycles. The van der Waals surface area contributed by atoms with E-state index < -0.39 is 0 Å². The normalized spacial score (nSPS) is 23.7. The largest absolute Gasteiger partial charge is 0.497 e. The van der Waals surface area contributed by atoms with Gasteiger partial charge in [0.05, 0.1) is 18.9 Å². The Hall–Kier alpha value is -0.740. The summed E-state index contributed by atoms with van der Waals surface area (Å²) in [7, 11) is 1.69. The molecule has 1 aliphatic heterocycles. The summed E-state index contributed by atoms with van der Waals surface area (Å²) >= 11 is 3.57. The van der Waals surface area contributed by atoms with E-state index in [1.165, 1.54) is 0 Å². The first-order valence-electron chi connectivity index (χ1n) is 6.44. The maximum atomic E-state index is 5.69. The van der Waals surface area contributed by atoms with Crippen molar-refractivity contribution in [3.05, 3.63) is 22.7 Å². The number of anilines is 1. The quantitative estimate of drug-likeness (QED) is 0.916. The number of methoxy groups -OCH3 is 1. The van der Waals surface area contributed by atoms with Gasteiger partial charge < -0.3 is 14.8 Å². The number of hydrogen-bond acceptors (Lipinski definition) is 3. The van der Waals surface area contributed by atoms with E-state index >= 15 is 0 Å². The third-order valence-electron chi connectivity index (χ3n) is 3.36. The Balaban J connectivity index is 2.04. The molecule has 0 saturated carbocycles. The van der Waals surface area contributed by atoms with E-state index in [4.69, 9.17) is 9.47 Å². The van der Waals surface area contributed by atoms with E-state index in [-0.39, 0.29) is 0 Å². The Morgan fingerprint density at radius 1 is 1.50 bits per heavy atom. The monoisotopic (exact) mass is 313 g/mol. The standard InChI is InChI=1S/C14H20BrNO2/c1-3-11-8-10(6-7-18-11)16-14-9-12(17-2)4-5-13(14)15/h4-5,9-11,16H,3,6-8H2,1-2H3. The summed E-state index contributed by atoms with van der Waals surface area (Å²) in [6.45, 7) is 3.02.